The summed E-state index contributed by atoms with van der Waals surface area (Å²) in [4.78, 5) is 26.1. The first-order valence-corrected chi connectivity index (χ1v) is 9.59. The van der Waals surface area contributed by atoms with Gasteiger partial charge in [-0.15, -0.1) is 0 Å². The van der Waals surface area contributed by atoms with Crippen LogP contribution in [0, 0.1) is 0 Å². The molecule has 1 saturated heterocycles. The lowest BCUT2D eigenvalue weighted by Crippen LogP contribution is -2.30. The summed E-state index contributed by atoms with van der Waals surface area (Å²) in [6.45, 7) is 1.67. The summed E-state index contributed by atoms with van der Waals surface area (Å²) < 4.78 is 6.98. The number of aliphatic hydroxyl groups excluding tert-OH is 2. The van der Waals surface area contributed by atoms with Gasteiger partial charge in [-0.1, -0.05) is 11.6 Å². The van der Waals surface area contributed by atoms with Crippen LogP contribution >= 0.6 is 34.8 Å². The molecule has 0 aliphatic carbocycles. The van der Waals surface area contributed by atoms with E-state index in [-0.39, 0.29) is 21.5 Å². The molecule has 0 radical (unpaired) electrons. The Bertz CT molecular complexity index is 1220. The van der Waals surface area contributed by atoms with E-state index in [1.807, 2.05) is 0 Å². The summed E-state index contributed by atoms with van der Waals surface area (Å²) in [5, 5.41) is 20.1. The van der Waals surface area contributed by atoms with E-state index in [1.165, 1.54) is 17.2 Å². The number of halogens is 3. The van der Waals surface area contributed by atoms with Crippen LogP contribution in [0.4, 0.5) is 5.82 Å². The molecule has 5 rings (SSSR count). The minimum Gasteiger partial charge on any atom is -0.388 e. The number of nitrogens with zero attached hydrogens (tertiary/aromatic N) is 7. The topological polar surface area (TPSA) is 174 Å². The summed E-state index contributed by atoms with van der Waals surface area (Å²) in [5.41, 5.74) is 7.50. The number of nitrogens with one attached hydrogen (secondary N) is 1. The molecule has 158 valence electrons. The number of nitrogen functional groups attached to an aromatic ring is 1. The molecule has 12 nitrogen and oxygen atoms in total. The molecule has 0 spiro atoms. The molecule has 5 heterocycles. The van der Waals surface area contributed by atoms with Crippen molar-refractivity contribution >= 4 is 62.9 Å². The molecule has 0 unspecified atom stereocenters. The van der Waals surface area contributed by atoms with Crippen LogP contribution in [0.1, 0.15) is 13.2 Å². The van der Waals surface area contributed by atoms with Gasteiger partial charge in [-0.25, -0.2) is 15.0 Å². The first-order valence-electron chi connectivity index (χ1n) is 8.45. The summed E-state index contributed by atoms with van der Waals surface area (Å²) in [5.74, 6) is 0.148. The van der Waals surface area contributed by atoms with E-state index >= 15 is 0 Å². The van der Waals surface area contributed by atoms with Crippen molar-refractivity contribution in [2.45, 2.75) is 31.5 Å². The molecule has 30 heavy (non-hydrogen) atoms. The van der Waals surface area contributed by atoms with E-state index in [1.54, 1.807) is 6.92 Å². The minimum absolute atomic E-state index is 0.0205. The molecule has 5 N–H and O–H groups in total. The predicted molar refractivity (Wildman–Crippen MR) is 108 cm³/mol. The second-order valence-electron chi connectivity index (χ2n) is 6.30. The summed E-state index contributed by atoms with van der Waals surface area (Å²) in [6.07, 6.45) is -0.432. The van der Waals surface area contributed by atoms with E-state index in [4.69, 9.17) is 45.3 Å². The second-order valence-corrected chi connectivity index (χ2v) is 7.33. The van der Waals surface area contributed by atoms with E-state index < -0.39 is 24.5 Å². The summed E-state index contributed by atoms with van der Waals surface area (Å²) in [7, 11) is 0. The van der Waals surface area contributed by atoms with Crippen LogP contribution in [0.2, 0.25) is 15.7 Å². The molecule has 15 heteroatoms. The Morgan fingerprint density at radius 3 is 2.47 bits per heavy atom. The number of aliphatic hydroxyl groups is 2. The fourth-order valence-corrected chi connectivity index (χ4v) is 3.53. The number of aromatic amines is 1. The molecule has 4 aromatic rings. The first-order chi connectivity index (χ1) is 14.3. The monoisotopic (exact) mass is 473 g/mol. The van der Waals surface area contributed by atoms with E-state index in [9.17, 15) is 10.2 Å². The molecule has 1 aliphatic heterocycles. The van der Waals surface area contributed by atoms with Crippen molar-refractivity contribution in [3.8, 4) is 0 Å². The molecule has 1 fully saturated rings. The van der Waals surface area contributed by atoms with Crippen molar-refractivity contribution in [2.75, 3.05) is 5.73 Å². The van der Waals surface area contributed by atoms with Gasteiger partial charge < -0.3 is 25.7 Å². The number of hydrogen-bond acceptors (Lipinski definition) is 10. The molecule has 0 bridgehead atoms. The van der Waals surface area contributed by atoms with Crippen LogP contribution in [-0.4, -0.2) is 68.0 Å². The Labute approximate surface area is 183 Å². The van der Waals surface area contributed by atoms with Gasteiger partial charge in [0.2, 0.25) is 10.6 Å². The molecule has 4 aromatic heterocycles. The maximum absolute atomic E-state index is 9.97. The van der Waals surface area contributed by atoms with Crippen LogP contribution in [0.15, 0.2) is 12.7 Å². The smallest absolute Gasteiger partial charge is 0.226 e. The number of aromatic nitrogens is 8. The highest BCUT2D eigenvalue weighted by Gasteiger charge is 2.42. The van der Waals surface area contributed by atoms with Crippen molar-refractivity contribution in [2.24, 2.45) is 0 Å². The Morgan fingerprint density at radius 2 is 1.77 bits per heavy atom. The van der Waals surface area contributed by atoms with E-state index in [2.05, 4.69) is 34.9 Å². The number of hydrogen-bond donors (Lipinski definition) is 4. The zero-order chi connectivity index (χ0) is 21.6. The van der Waals surface area contributed by atoms with Gasteiger partial charge in [0.1, 0.15) is 23.2 Å². The van der Waals surface area contributed by atoms with Crippen LogP contribution < -0.4 is 5.73 Å². The van der Waals surface area contributed by atoms with Crippen molar-refractivity contribution in [3.05, 3.63) is 28.4 Å². The number of rotatable bonds is 1. The number of nitrogens with two attached hydrogens (primary N) is 1. The second kappa shape index (κ2) is 8.06. The lowest BCUT2D eigenvalue weighted by atomic mass is 10.1. The lowest BCUT2D eigenvalue weighted by Gasteiger charge is -2.16. The molecule has 0 amide bonds. The maximum Gasteiger partial charge on any atom is 0.226 e. The highest BCUT2D eigenvalue weighted by molar-refractivity contribution is 6.35. The maximum atomic E-state index is 9.97. The Hall–Kier alpha value is -2.35. The largest absolute Gasteiger partial charge is 0.388 e. The number of anilines is 1. The fraction of sp³-hybridized carbons (Fsp3) is 0.333. The average molecular weight is 475 g/mol. The normalized spacial score (nSPS) is 23.7. The Kier molecular flexibility index (Phi) is 5.61. The fourth-order valence-electron chi connectivity index (χ4n) is 2.93. The molecular weight excluding hydrogens is 461 g/mol. The lowest BCUT2D eigenvalue weighted by molar-refractivity contribution is -0.0299. The van der Waals surface area contributed by atoms with E-state index in [0.717, 1.165) is 0 Å². The zero-order valence-corrected chi connectivity index (χ0v) is 17.4. The average Bonchev–Trinajstić information content (AvgIpc) is 3.37. The van der Waals surface area contributed by atoms with Gasteiger partial charge in [-0.3, -0.25) is 4.57 Å². The van der Waals surface area contributed by atoms with Crippen LogP contribution in [0.5, 0.6) is 0 Å². The standard InChI is InChI=1S/C10H12ClN5O3.C5H2Cl2N4/c1-3-5(17)6(18)9(19-3)16-2-13-4-7(12)14-10(11)15-8(4)16;6-3-2-4(9-1-8-2)11-5(7)10-3/h2-3,5-6,9,17-18H,1H3,(H2,12,14,15);1H,(H,8,9,10,11)/t3-,5-,6-,9-;/m1./s1. The van der Waals surface area contributed by atoms with Gasteiger partial charge >= 0.3 is 0 Å². The molecule has 4 atom stereocenters. The van der Waals surface area contributed by atoms with Gasteiger partial charge in [0, 0.05) is 0 Å². The Morgan fingerprint density at radius 1 is 1.03 bits per heavy atom. The Balaban J connectivity index is 0.000000168. The number of ether oxygens (including phenoxy) is 1. The number of fused-ring (bicyclic) bond motifs is 2. The third-order valence-electron chi connectivity index (χ3n) is 4.38. The summed E-state index contributed by atoms with van der Waals surface area (Å²) in [6, 6.07) is 0. The van der Waals surface area contributed by atoms with Crippen molar-refractivity contribution < 1.29 is 14.9 Å². The van der Waals surface area contributed by atoms with Crippen LogP contribution in [-0.2, 0) is 4.74 Å². The van der Waals surface area contributed by atoms with Gasteiger partial charge in [0.05, 0.1) is 18.8 Å². The van der Waals surface area contributed by atoms with E-state index in [0.29, 0.717) is 22.3 Å². The third kappa shape index (κ3) is 3.73. The SMILES string of the molecule is C[C@H]1O[C@@H](n2cnc3c(N)nc(Cl)nc32)[C@H](O)[C@@H]1O.Clc1nc(Cl)c2nc[nH]c2n1. The molecule has 0 saturated carbocycles. The first kappa shape index (κ1) is 20.9. The van der Waals surface area contributed by atoms with Crippen molar-refractivity contribution in [1.29, 1.82) is 0 Å². The van der Waals surface area contributed by atoms with Crippen LogP contribution in [0.25, 0.3) is 22.3 Å². The zero-order valence-electron chi connectivity index (χ0n) is 15.1. The highest BCUT2D eigenvalue weighted by Crippen LogP contribution is 2.32. The quantitative estimate of drug-likeness (QED) is 0.233. The van der Waals surface area contributed by atoms with Gasteiger partial charge in [-0.2, -0.15) is 15.0 Å². The highest BCUT2D eigenvalue weighted by atomic mass is 35.5. The number of H-pyrrole nitrogens is 1. The minimum atomic E-state index is -1.08. The molecular formula is C15H14Cl3N9O3. The predicted octanol–water partition coefficient (Wildman–Crippen LogP) is 1.36. The molecule has 0 aromatic carbocycles. The molecule has 1 aliphatic rings. The van der Waals surface area contributed by atoms with Gasteiger partial charge in [0.15, 0.2) is 28.5 Å². The van der Waals surface area contributed by atoms with Crippen LogP contribution in [0.3, 0.4) is 0 Å². The van der Waals surface area contributed by atoms with Crippen molar-refractivity contribution in [1.82, 2.24) is 39.5 Å². The van der Waals surface area contributed by atoms with Crippen molar-refractivity contribution in [3.63, 3.8) is 0 Å². The summed E-state index contributed by atoms with van der Waals surface area (Å²) >= 11 is 17.0. The number of imidazole rings is 2. The van der Waals surface area contributed by atoms with Gasteiger partial charge in [-0.05, 0) is 30.1 Å². The third-order valence-corrected chi connectivity index (χ3v) is 4.98. The van der Waals surface area contributed by atoms with Gasteiger partial charge in [0.25, 0.3) is 0 Å².